The molecule has 0 radical (unpaired) electrons. The topological polar surface area (TPSA) is 57.7 Å². The number of hydrogen-bond donors (Lipinski definition) is 0. The number of rotatable bonds is 4. The third-order valence-electron chi connectivity index (χ3n) is 5.79. The Morgan fingerprint density at radius 3 is 2.04 bits per heavy atom. The van der Waals surface area contributed by atoms with Gasteiger partial charge in [-0.05, 0) is 36.5 Å². The summed E-state index contributed by atoms with van der Waals surface area (Å²) < 4.78 is 0. The number of likely N-dealkylation sites (tertiary alicyclic amines) is 1. The Kier molecular flexibility index (Phi) is 4.99. The fourth-order valence-corrected chi connectivity index (χ4v) is 4.06. The molecule has 0 spiro atoms. The van der Waals surface area contributed by atoms with E-state index in [0.29, 0.717) is 36.6 Å². The first-order valence-corrected chi connectivity index (χ1v) is 9.86. The highest BCUT2D eigenvalue weighted by Crippen LogP contribution is 2.28. The Balaban J connectivity index is 1.66. The maximum absolute atomic E-state index is 13.4. The lowest BCUT2D eigenvalue weighted by atomic mass is 9.97. The van der Waals surface area contributed by atoms with E-state index < -0.39 is 6.04 Å². The average Bonchev–Trinajstić information content (AvgIpc) is 2.98. The predicted octanol–water partition coefficient (Wildman–Crippen LogP) is 3.15. The van der Waals surface area contributed by atoms with Crippen LogP contribution in [0.5, 0.6) is 0 Å². The molecule has 0 bridgehead atoms. The van der Waals surface area contributed by atoms with Gasteiger partial charge in [0.25, 0.3) is 11.8 Å². The summed E-state index contributed by atoms with van der Waals surface area (Å²) in [6.07, 6.45) is 2.23. The zero-order valence-electron chi connectivity index (χ0n) is 16.0. The molecule has 3 amide bonds. The third kappa shape index (κ3) is 3.33. The van der Waals surface area contributed by atoms with Gasteiger partial charge in [-0.15, -0.1) is 0 Å². The van der Waals surface area contributed by atoms with Crippen molar-refractivity contribution in [2.45, 2.75) is 32.2 Å². The molecule has 0 N–H and O–H groups in total. The first-order chi connectivity index (χ1) is 13.6. The van der Waals surface area contributed by atoms with Gasteiger partial charge in [0.15, 0.2) is 0 Å². The van der Waals surface area contributed by atoms with E-state index in [-0.39, 0.29) is 17.7 Å². The van der Waals surface area contributed by atoms with Gasteiger partial charge in [-0.2, -0.15) is 0 Å². The second-order valence-electron chi connectivity index (χ2n) is 7.74. The van der Waals surface area contributed by atoms with Gasteiger partial charge in [-0.25, -0.2) is 0 Å². The minimum absolute atomic E-state index is 0.134. The molecule has 1 saturated heterocycles. The highest BCUT2D eigenvalue weighted by atomic mass is 16.2. The number of hydrogen-bond acceptors (Lipinski definition) is 3. The van der Waals surface area contributed by atoms with Crippen molar-refractivity contribution < 1.29 is 14.4 Å². The van der Waals surface area contributed by atoms with Crippen molar-refractivity contribution in [1.29, 1.82) is 0 Å². The zero-order valence-corrected chi connectivity index (χ0v) is 16.0. The largest absolute Gasteiger partial charge is 0.341 e. The van der Waals surface area contributed by atoms with E-state index in [2.05, 4.69) is 6.92 Å². The quantitative estimate of drug-likeness (QED) is 0.770. The van der Waals surface area contributed by atoms with Crippen molar-refractivity contribution in [3.63, 3.8) is 0 Å². The van der Waals surface area contributed by atoms with Crippen molar-refractivity contribution >= 4 is 17.7 Å². The summed E-state index contributed by atoms with van der Waals surface area (Å²) in [5.74, 6) is -0.290. The second kappa shape index (κ2) is 7.58. The van der Waals surface area contributed by atoms with Gasteiger partial charge >= 0.3 is 0 Å². The molecule has 1 atom stereocenters. The normalized spacial score (nSPS) is 18.3. The van der Waals surface area contributed by atoms with Crippen molar-refractivity contribution in [2.75, 3.05) is 13.1 Å². The van der Waals surface area contributed by atoms with Gasteiger partial charge in [-0.3, -0.25) is 19.3 Å². The van der Waals surface area contributed by atoms with Gasteiger partial charge in [0.05, 0.1) is 11.1 Å². The van der Waals surface area contributed by atoms with E-state index in [9.17, 15) is 14.4 Å². The van der Waals surface area contributed by atoms with Crippen LogP contribution in [-0.4, -0.2) is 46.7 Å². The lowest BCUT2D eigenvalue weighted by Crippen LogP contribution is -2.53. The Hall–Kier alpha value is -2.95. The Morgan fingerprint density at radius 2 is 1.46 bits per heavy atom. The van der Waals surface area contributed by atoms with Crippen LogP contribution in [0.2, 0.25) is 0 Å². The summed E-state index contributed by atoms with van der Waals surface area (Å²) in [6.45, 7) is 3.54. The fraction of sp³-hybridized carbons (Fsp3) is 0.348. The fourth-order valence-electron chi connectivity index (χ4n) is 4.06. The van der Waals surface area contributed by atoms with Gasteiger partial charge < -0.3 is 4.90 Å². The summed E-state index contributed by atoms with van der Waals surface area (Å²) in [7, 11) is 0. The molecule has 0 aliphatic carbocycles. The predicted molar refractivity (Wildman–Crippen MR) is 106 cm³/mol. The summed E-state index contributed by atoms with van der Waals surface area (Å²) in [4.78, 5) is 42.4. The molecule has 0 saturated carbocycles. The van der Waals surface area contributed by atoms with Crippen LogP contribution in [-0.2, 0) is 11.2 Å². The standard InChI is InChI=1S/C23H24N2O3/c1-16-11-13-24(14-12-16)23(28)20(15-17-7-3-2-4-8-17)25-21(26)18-9-5-6-10-19(18)22(25)27/h2-10,16,20H,11-15H2,1H3/t20-/m0/s1. The monoisotopic (exact) mass is 376 g/mol. The molecule has 4 rings (SSSR count). The van der Waals surface area contributed by atoms with Crippen molar-refractivity contribution in [3.05, 3.63) is 71.3 Å². The zero-order chi connectivity index (χ0) is 19.7. The van der Waals surface area contributed by atoms with Crippen LogP contribution >= 0.6 is 0 Å². The van der Waals surface area contributed by atoms with E-state index in [1.54, 1.807) is 24.3 Å². The van der Waals surface area contributed by atoms with Gasteiger partial charge in [0.1, 0.15) is 6.04 Å². The van der Waals surface area contributed by atoms with Crippen LogP contribution in [0.1, 0.15) is 46.0 Å². The first-order valence-electron chi connectivity index (χ1n) is 9.86. The number of fused-ring (bicyclic) bond motifs is 1. The van der Waals surface area contributed by atoms with Crippen LogP contribution in [0, 0.1) is 5.92 Å². The molecule has 2 aliphatic heterocycles. The molecule has 5 nitrogen and oxygen atoms in total. The highest BCUT2D eigenvalue weighted by Gasteiger charge is 2.44. The first kappa shape index (κ1) is 18.4. The minimum atomic E-state index is -0.816. The highest BCUT2D eigenvalue weighted by molar-refractivity contribution is 6.22. The van der Waals surface area contributed by atoms with Crippen molar-refractivity contribution in [3.8, 4) is 0 Å². The summed E-state index contributed by atoms with van der Waals surface area (Å²) >= 11 is 0. The minimum Gasteiger partial charge on any atom is -0.341 e. The Labute approximate surface area is 164 Å². The molecular weight excluding hydrogens is 352 g/mol. The number of nitrogens with zero attached hydrogens (tertiary/aromatic N) is 2. The number of amides is 3. The molecule has 2 aliphatic rings. The van der Waals surface area contributed by atoms with Crippen LogP contribution in [0.15, 0.2) is 54.6 Å². The lowest BCUT2D eigenvalue weighted by Gasteiger charge is -2.35. The average molecular weight is 376 g/mol. The van der Waals surface area contributed by atoms with E-state index in [0.717, 1.165) is 18.4 Å². The van der Waals surface area contributed by atoms with Gasteiger partial charge in [-0.1, -0.05) is 49.4 Å². The van der Waals surface area contributed by atoms with E-state index in [1.807, 2.05) is 35.2 Å². The molecule has 1 fully saturated rings. The number of benzene rings is 2. The molecule has 2 heterocycles. The molecule has 0 unspecified atom stereocenters. The van der Waals surface area contributed by atoms with Crippen molar-refractivity contribution in [2.24, 2.45) is 5.92 Å². The van der Waals surface area contributed by atoms with E-state index in [1.165, 1.54) is 4.90 Å². The smallest absolute Gasteiger partial charge is 0.262 e. The molecule has 0 aromatic heterocycles. The van der Waals surface area contributed by atoms with Gasteiger partial charge in [0.2, 0.25) is 5.91 Å². The van der Waals surface area contributed by atoms with Crippen LogP contribution in [0.25, 0.3) is 0 Å². The molecule has 2 aromatic rings. The molecule has 5 heteroatoms. The van der Waals surface area contributed by atoms with E-state index in [4.69, 9.17) is 0 Å². The molecule has 2 aromatic carbocycles. The maximum atomic E-state index is 13.4. The van der Waals surface area contributed by atoms with E-state index >= 15 is 0 Å². The number of carbonyl (C=O) groups excluding carboxylic acids is 3. The lowest BCUT2D eigenvalue weighted by molar-refractivity contribution is -0.136. The van der Waals surface area contributed by atoms with Crippen molar-refractivity contribution in [1.82, 2.24) is 9.80 Å². The third-order valence-corrected chi connectivity index (χ3v) is 5.79. The van der Waals surface area contributed by atoms with Crippen LogP contribution in [0.4, 0.5) is 0 Å². The SMILES string of the molecule is CC1CCN(C(=O)[C@H](Cc2ccccc2)N2C(=O)c3ccccc3C2=O)CC1. The van der Waals surface area contributed by atoms with Crippen LogP contribution < -0.4 is 0 Å². The molecule has 144 valence electrons. The summed E-state index contributed by atoms with van der Waals surface area (Å²) in [6, 6.07) is 15.6. The summed E-state index contributed by atoms with van der Waals surface area (Å²) in [5, 5.41) is 0. The van der Waals surface area contributed by atoms with Gasteiger partial charge in [0, 0.05) is 19.5 Å². The second-order valence-corrected chi connectivity index (χ2v) is 7.74. The summed E-state index contributed by atoms with van der Waals surface area (Å²) in [5.41, 5.74) is 1.69. The number of piperidine rings is 1. The van der Waals surface area contributed by atoms with Crippen LogP contribution in [0.3, 0.4) is 0 Å². The maximum Gasteiger partial charge on any atom is 0.262 e. The Morgan fingerprint density at radius 1 is 0.929 bits per heavy atom. The molecular formula is C23H24N2O3. The number of carbonyl (C=O) groups is 3. The molecule has 28 heavy (non-hydrogen) atoms. The Bertz CT molecular complexity index is 866. The number of imide groups is 1.